The quantitative estimate of drug-likeness (QED) is 0.356. The molecule has 5 rings (SSSR count). The maximum absolute atomic E-state index is 13.2. The summed E-state index contributed by atoms with van der Waals surface area (Å²) in [6.07, 6.45) is 1.85. The number of phenols is 1. The third-order valence-corrected chi connectivity index (χ3v) is 7.91. The van der Waals surface area contributed by atoms with Gasteiger partial charge in [0.05, 0.1) is 23.7 Å². The molecule has 4 aliphatic rings. The zero-order valence-electron chi connectivity index (χ0n) is 17.5. The second-order valence-electron chi connectivity index (χ2n) is 8.93. The van der Waals surface area contributed by atoms with Crippen LogP contribution in [0.15, 0.2) is 34.3 Å². The standard InChI is InChI=1S/C22H19BrN4O7/c23-7-1-4-13(28)11(5-7)14-8-2-3-9-15(19(31)26(17(9)29)21(24)33)10(8)6-12-16(14)20(32)27(18(12)30)22(25)34/h1-2,4-5,9-10,12,14-16,28H,3,6H2,(H2,24,33)(H2,25,34). The highest BCUT2D eigenvalue weighted by Gasteiger charge is 2.63. The number of allylic oxidation sites excluding steroid dienone is 2. The van der Waals surface area contributed by atoms with E-state index in [0.29, 0.717) is 25.4 Å². The van der Waals surface area contributed by atoms with Crippen molar-refractivity contribution in [1.82, 2.24) is 9.80 Å². The highest BCUT2D eigenvalue weighted by molar-refractivity contribution is 9.10. The Bertz CT molecular complexity index is 1240. The van der Waals surface area contributed by atoms with Crippen molar-refractivity contribution in [2.75, 3.05) is 0 Å². The lowest BCUT2D eigenvalue weighted by Gasteiger charge is -2.44. The third kappa shape index (κ3) is 2.87. The van der Waals surface area contributed by atoms with Gasteiger partial charge in [-0.05, 0) is 37.0 Å². The van der Waals surface area contributed by atoms with Crippen LogP contribution in [0.3, 0.4) is 0 Å². The van der Waals surface area contributed by atoms with E-state index in [1.54, 1.807) is 18.2 Å². The summed E-state index contributed by atoms with van der Waals surface area (Å²) < 4.78 is 0.601. The summed E-state index contributed by atoms with van der Waals surface area (Å²) in [4.78, 5) is 76.7. The number of imide groups is 6. The number of carbonyl (C=O) groups excluding carboxylic acids is 6. The van der Waals surface area contributed by atoms with Crippen LogP contribution in [0.25, 0.3) is 0 Å². The molecular weight excluding hydrogens is 512 g/mol. The Morgan fingerprint density at radius 2 is 1.47 bits per heavy atom. The zero-order valence-corrected chi connectivity index (χ0v) is 19.1. The lowest BCUT2D eigenvalue weighted by atomic mass is 9.57. The first-order chi connectivity index (χ1) is 16.0. The zero-order chi connectivity index (χ0) is 24.6. The summed E-state index contributed by atoms with van der Waals surface area (Å²) in [6.45, 7) is 0. The van der Waals surface area contributed by atoms with Gasteiger partial charge in [-0.3, -0.25) is 19.2 Å². The van der Waals surface area contributed by atoms with E-state index in [9.17, 15) is 33.9 Å². The van der Waals surface area contributed by atoms with Gasteiger partial charge in [-0.1, -0.05) is 27.6 Å². The first-order valence-corrected chi connectivity index (χ1v) is 11.4. The van der Waals surface area contributed by atoms with Crippen molar-refractivity contribution in [2.24, 2.45) is 41.1 Å². The van der Waals surface area contributed by atoms with Crippen LogP contribution in [-0.2, 0) is 19.2 Å². The summed E-state index contributed by atoms with van der Waals surface area (Å²) in [5, 5.41) is 10.7. The molecule has 1 saturated carbocycles. The Morgan fingerprint density at radius 3 is 2.09 bits per heavy atom. The lowest BCUT2D eigenvalue weighted by molar-refractivity contribution is -0.138. The number of rotatable bonds is 1. The molecule has 1 aromatic carbocycles. The maximum atomic E-state index is 13.2. The van der Waals surface area contributed by atoms with Crippen molar-refractivity contribution < 1.29 is 33.9 Å². The molecule has 8 amide bonds. The molecule has 176 valence electrons. The number of amides is 8. The van der Waals surface area contributed by atoms with E-state index in [2.05, 4.69) is 15.9 Å². The number of primary amides is 2. The highest BCUT2D eigenvalue weighted by atomic mass is 79.9. The molecule has 1 aromatic rings. The normalized spacial score (nSPS) is 32.3. The fourth-order valence-corrected chi connectivity index (χ4v) is 6.52. The van der Waals surface area contributed by atoms with Crippen LogP contribution in [0.1, 0.15) is 24.3 Å². The van der Waals surface area contributed by atoms with E-state index < -0.39 is 71.2 Å². The van der Waals surface area contributed by atoms with E-state index in [1.807, 2.05) is 0 Å². The second kappa shape index (κ2) is 7.49. The van der Waals surface area contributed by atoms with Gasteiger partial charge in [0.1, 0.15) is 5.75 Å². The molecule has 11 nitrogen and oxygen atoms in total. The number of benzene rings is 1. The number of nitrogens with two attached hydrogens (primary N) is 2. The summed E-state index contributed by atoms with van der Waals surface area (Å²) in [5.41, 5.74) is 11.5. The summed E-state index contributed by atoms with van der Waals surface area (Å²) >= 11 is 3.35. The number of carbonyl (C=O) groups is 6. The molecule has 0 spiro atoms. The van der Waals surface area contributed by atoms with Crippen molar-refractivity contribution in [3.05, 3.63) is 39.9 Å². The minimum Gasteiger partial charge on any atom is -0.508 e. The molecule has 6 unspecified atom stereocenters. The molecule has 2 aliphatic heterocycles. The molecule has 2 aliphatic carbocycles. The smallest absolute Gasteiger partial charge is 0.328 e. The molecule has 2 heterocycles. The Hall–Kier alpha value is -3.54. The van der Waals surface area contributed by atoms with Gasteiger partial charge in [0.15, 0.2) is 0 Å². The van der Waals surface area contributed by atoms with Gasteiger partial charge in [0.25, 0.3) is 0 Å². The Labute approximate surface area is 200 Å². The van der Waals surface area contributed by atoms with Crippen LogP contribution < -0.4 is 11.5 Å². The van der Waals surface area contributed by atoms with Crippen LogP contribution in [0.5, 0.6) is 5.75 Å². The van der Waals surface area contributed by atoms with Gasteiger partial charge in [-0.2, -0.15) is 9.80 Å². The van der Waals surface area contributed by atoms with Crippen LogP contribution in [-0.4, -0.2) is 50.6 Å². The monoisotopic (exact) mass is 530 g/mol. The van der Waals surface area contributed by atoms with Crippen molar-refractivity contribution in [3.63, 3.8) is 0 Å². The average molecular weight is 531 g/mol. The van der Waals surface area contributed by atoms with Gasteiger partial charge in [-0.25, -0.2) is 9.59 Å². The van der Waals surface area contributed by atoms with Crippen LogP contribution >= 0.6 is 15.9 Å². The molecule has 5 N–H and O–H groups in total. The van der Waals surface area contributed by atoms with Crippen molar-refractivity contribution in [1.29, 1.82) is 0 Å². The fourth-order valence-electron chi connectivity index (χ4n) is 6.15. The van der Waals surface area contributed by atoms with E-state index in [1.165, 1.54) is 6.07 Å². The molecule has 3 fully saturated rings. The number of fused-ring (bicyclic) bond motifs is 4. The van der Waals surface area contributed by atoms with Gasteiger partial charge in [0.2, 0.25) is 23.6 Å². The molecule has 0 bridgehead atoms. The average Bonchev–Trinajstić information content (AvgIpc) is 3.18. The number of phenolic OH excluding ortho intramolecular Hbond substituents is 1. The van der Waals surface area contributed by atoms with E-state index in [0.717, 1.165) is 0 Å². The minimum atomic E-state index is -1.21. The van der Waals surface area contributed by atoms with Gasteiger partial charge < -0.3 is 16.6 Å². The van der Waals surface area contributed by atoms with Crippen LogP contribution in [0, 0.1) is 29.6 Å². The van der Waals surface area contributed by atoms with E-state index in [4.69, 9.17) is 11.5 Å². The first kappa shape index (κ1) is 22.3. The maximum Gasteiger partial charge on any atom is 0.328 e. The molecule has 6 atom stereocenters. The molecule has 12 heteroatoms. The van der Waals surface area contributed by atoms with Crippen LogP contribution in [0.4, 0.5) is 9.59 Å². The lowest BCUT2D eigenvalue weighted by Crippen LogP contribution is -2.44. The largest absolute Gasteiger partial charge is 0.508 e. The number of hydrogen-bond acceptors (Lipinski definition) is 7. The summed E-state index contributed by atoms with van der Waals surface area (Å²) in [7, 11) is 0. The van der Waals surface area contributed by atoms with E-state index >= 15 is 0 Å². The summed E-state index contributed by atoms with van der Waals surface area (Å²) in [6, 6.07) is 2.25. The van der Waals surface area contributed by atoms with Gasteiger partial charge in [-0.15, -0.1) is 0 Å². The fraction of sp³-hybridized carbons (Fsp3) is 0.364. The number of nitrogens with zero attached hydrogens (tertiary/aromatic N) is 2. The molecule has 2 saturated heterocycles. The number of halogens is 1. The molecular formula is C22H19BrN4O7. The van der Waals surface area contributed by atoms with Crippen LogP contribution in [0.2, 0.25) is 0 Å². The van der Waals surface area contributed by atoms with Gasteiger partial charge >= 0.3 is 12.1 Å². The Morgan fingerprint density at radius 1 is 0.882 bits per heavy atom. The van der Waals surface area contributed by atoms with E-state index in [-0.39, 0.29) is 18.6 Å². The van der Waals surface area contributed by atoms with Crippen molar-refractivity contribution in [3.8, 4) is 5.75 Å². The third-order valence-electron chi connectivity index (χ3n) is 7.41. The predicted molar refractivity (Wildman–Crippen MR) is 116 cm³/mol. The SMILES string of the molecule is NC(=O)N1C(=O)C2CC=C3C(CC4C(=O)N(C(N)=O)C(=O)C4C3c3cc(Br)ccc3O)C2C1=O. The van der Waals surface area contributed by atoms with Crippen molar-refractivity contribution in [2.45, 2.75) is 18.8 Å². The van der Waals surface area contributed by atoms with Gasteiger partial charge in [0, 0.05) is 16.0 Å². The minimum absolute atomic E-state index is 0.00288. The predicted octanol–water partition coefficient (Wildman–Crippen LogP) is 0.948. The Kier molecular flexibility index (Phi) is 4.90. The number of likely N-dealkylation sites (tertiary alicyclic amines) is 2. The first-order valence-electron chi connectivity index (χ1n) is 10.6. The summed E-state index contributed by atoms with van der Waals surface area (Å²) in [5.74, 6) is -8.51. The topological polar surface area (TPSA) is 181 Å². The number of aromatic hydroxyl groups is 1. The molecule has 34 heavy (non-hydrogen) atoms. The second-order valence-corrected chi connectivity index (χ2v) is 9.84. The molecule has 0 radical (unpaired) electrons. The Balaban J connectivity index is 1.68. The number of urea groups is 2. The molecule has 0 aromatic heterocycles. The number of hydrogen-bond donors (Lipinski definition) is 3. The highest BCUT2D eigenvalue weighted by Crippen LogP contribution is 2.58. The van der Waals surface area contributed by atoms with Crippen molar-refractivity contribution >= 4 is 51.6 Å².